The fourth-order valence-electron chi connectivity index (χ4n) is 1.21. The molecule has 3 N–H and O–H groups in total. The highest BCUT2D eigenvalue weighted by molar-refractivity contribution is 5.94. The van der Waals surface area contributed by atoms with Crippen LogP contribution >= 0.6 is 0 Å². The molecule has 0 radical (unpaired) electrons. The minimum Gasteiger partial charge on any atom is -0.478 e. The molecule has 0 amide bonds. The zero-order chi connectivity index (χ0) is 10.0. The molecule has 0 unspecified atom stereocenters. The molecule has 0 fully saturated rings. The highest BCUT2D eigenvalue weighted by atomic mass is 16.4. The lowest BCUT2D eigenvalue weighted by atomic mass is 9.99. The maximum Gasteiger partial charge on any atom is 0.339 e. The van der Waals surface area contributed by atoms with E-state index in [1.54, 1.807) is 6.07 Å². The summed E-state index contributed by atoms with van der Waals surface area (Å²) in [6.07, 6.45) is 1.52. The maximum atomic E-state index is 10.8. The Morgan fingerprint density at radius 3 is 2.62 bits per heavy atom. The lowest BCUT2D eigenvalue weighted by Gasteiger charge is -2.10. The molecule has 0 aliphatic carbocycles. The smallest absolute Gasteiger partial charge is 0.339 e. The average molecular weight is 180 g/mol. The van der Waals surface area contributed by atoms with Crippen molar-refractivity contribution in [3.05, 3.63) is 23.4 Å². The largest absolute Gasteiger partial charge is 0.478 e. The molecule has 0 aliphatic heterocycles. The fourth-order valence-corrected chi connectivity index (χ4v) is 1.21. The second kappa shape index (κ2) is 3.43. The van der Waals surface area contributed by atoms with Crippen LogP contribution in [-0.2, 0) is 0 Å². The molecule has 0 bridgehead atoms. The van der Waals surface area contributed by atoms with E-state index in [0.717, 1.165) is 5.56 Å². The van der Waals surface area contributed by atoms with E-state index in [9.17, 15) is 4.79 Å². The van der Waals surface area contributed by atoms with E-state index < -0.39 is 5.97 Å². The van der Waals surface area contributed by atoms with Gasteiger partial charge in [0.15, 0.2) is 0 Å². The lowest BCUT2D eigenvalue weighted by Crippen LogP contribution is -2.09. The highest BCUT2D eigenvalue weighted by Crippen LogP contribution is 2.22. The van der Waals surface area contributed by atoms with Gasteiger partial charge in [-0.05, 0) is 17.5 Å². The third-order valence-corrected chi connectivity index (χ3v) is 1.85. The molecule has 13 heavy (non-hydrogen) atoms. The summed E-state index contributed by atoms with van der Waals surface area (Å²) in [6.45, 7) is 3.84. The summed E-state index contributed by atoms with van der Waals surface area (Å²) in [4.78, 5) is 14.6. The highest BCUT2D eigenvalue weighted by Gasteiger charge is 2.16. The molecule has 0 atom stereocenters. The second-order valence-electron chi connectivity index (χ2n) is 3.12. The standard InChI is InChI=1S/C9H12N2O2/c1-5(2)6-3-4-11-8(10)7(6)9(12)13/h3-5H,1-2H3,(H2,10,11)(H,12,13). The minimum absolute atomic E-state index is 0.0821. The zero-order valence-electron chi connectivity index (χ0n) is 7.61. The number of pyridine rings is 1. The molecule has 0 aromatic carbocycles. The second-order valence-corrected chi connectivity index (χ2v) is 3.12. The quantitative estimate of drug-likeness (QED) is 0.722. The first-order valence-electron chi connectivity index (χ1n) is 4.01. The molecule has 0 saturated carbocycles. The summed E-state index contributed by atoms with van der Waals surface area (Å²) in [7, 11) is 0. The molecular weight excluding hydrogens is 168 g/mol. The number of carboxylic acid groups (broad SMARTS) is 1. The number of hydrogen-bond acceptors (Lipinski definition) is 3. The fraction of sp³-hybridized carbons (Fsp3) is 0.333. The minimum atomic E-state index is -1.02. The van der Waals surface area contributed by atoms with E-state index in [2.05, 4.69) is 4.98 Å². The van der Waals surface area contributed by atoms with Gasteiger partial charge in [-0.1, -0.05) is 13.8 Å². The van der Waals surface area contributed by atoms with Crippen molar-refractivity contribution in [1.29, 1.82) is 0 Å². The van der Waals surface area contributed by atoms with Crippen LogP contribution in [0.2, 0.25) is 0 Å². The first-order chi connectivity index (χ1) is 6.04. The summed E-state index contributed by atoms with van der Waals surface area (Å²) in [5, 5.41) is 8.88. The van der Waals surface area contributed by atoms with Gasteiger partial charge in [0, 0.05) is 6.20 Å². The van der Waals surface area contributed by atoms with Gasteiger partial charge in [0.25, 0.3) is 0 Å². The summed E-state index contributed by atoms with van der Waals surface area (Å²) in [6, 6.07) is 1.68. The monoisotopic (exact) mass is 180 g/mol. The van der Waals surface area contributed by atoms with Gasteiger partial charge < -0.3 is 10.8 Å². The number of carboxylic acids is 1. The van der Waals surface area contributed by atoms with Crippen LogP contribution in [0.3, 0.4) is 0 Å². The summed E-state index contributed by atoms with van der Waals surface area (Å²) >= 11 is 0. The Morgan fingerprint density at radius 2 is 2.23 bits per heavy atom. The van der Waals surface area contributed by atoms with Crippen LogP contribution in [0.1, 0.15) is 35.7 Å². The van der Waals surface area contributed by atoms with Crippen molar-refractivity contribution in [3.63, 3.8) is 0 Å². The SMILES string of the molecule is CC(C)c1ccnc(N)c1C(=O)O. The van der Waals surface area contributed by atoms with Gasteiger partial charge in [0.05, 0.1) is 0 Å². The van der Waals surface area contributed by atoms with Crippen LogP contribution in [-0.4, -0.2) is 16.1 Å². The van der Waals surface area contributed by atoms with Gasteiger partial charge >= 0.3 is 5.97 Å². The van der Waals surface area contributed by atoms with Crippen molar-refractivity contribution in [2.45, 2.75) is 19.8 Å². The first-order valence-corrected chi connectivity index (χ1v) is 4.01. The number of nitrogens with two attached hydrogens (primary N) is 1. The average Bonchev–Trinajstić information content (AvgIpc) is 2.02. The summed E-state index contributed by atoms with van der Waals surface area (Å²) in [5.74, 6) is -0.801. The topological polar surface area (TPSA) is 76.2 Å². The summed E-state index contributed by atoms with van der Waals surface area (Å²) in [5.41, 5.74) is 6.31. The van der Waals surface area contributed by atoms with Gasteiger partial charge in [-0.3, -0.25) is 0 Å². The molecule has 1 rings (SSSR count). The number of hydrogen-bond donors (Lipinski definition) is 2. The normalized spacial score (nSPS) is 10.4. The Kier molecular flexibility index (Phi) is 2.51. The molecule has 0 aliphatic rings. The third-order valence-electron chi connectivity index (χ3n) is 1.85. The predicted octanol–water partition coefficient (Wildman–Crippen LogP) is 1.49. The van der Waals surface area contributed by atoms with Gasteiger partial charge in [-0.2, -0.15) is 0 Å². The van der Waals surface area contributed by atoms with E-state index in [1.165, 1.54) is 6.20 Å². The van der Waals surface area contributed by atoms with Crippen LogP contribution in [0.15, 0.2) is 12.3 Å². The number of carbonyl (C=O) groups is 1. The van der Waals surface area contributed by atoms with Gasteiger partial charge in [-0.25, -0.2) is 9.78 Å². The van der Waals surface area contributed by atoms with Crippen molar-refractivity contribution < 1.29 is 9.90 Å². The van der Waals surface area contributed by atoms with Crippen LogP contribution in [0.25, 0.3) is 0 Å². The van der Waals surface area contributed by atoms with E-state index in [1.807, 2.05) is 13.8 Å². The van der Waals surface area contributed by atoms with Gasteiger partial charge in [0.1, 0.15) is 11.4 Å². The van der Waals surface area contributed by atoms with Crippen molar-refractivity contribution in [2.75, 3.05) is 5.73 Å². The van der Waals surface area contributed by atoms with Crippen molar-refractivity contribution >= 4 is 11.8 Å². The molecule has 1 aromatic rings. The Labute approximate surface area is 76.4 Å². The van der Waals surface area contributed by atoms with Crippen LogP contribution in [0.5, 0.6) is 0 Å². The molecule has 70 valence electrons. The number of rotatable bonds is 2. The number of aromatic carboxylic acids is 1. The molecule has 0 saturated heterocycles. The van der Waals surface area contributed by atoms with Crippen molar-refractivity contribution in [3.8, 4) is 0 Å². The van der Waals surface area contributed by atoms with Crippen LogP contribution < -0.4 is 5.73 Å². The molecule has 1 heterocycles. The van der Waals surface area contributed by atoms with E-state index >= 15 is 0 Å². The van der Waals surface area contributed by atoms with E-state index in [4.69, 9.17) is 10.8 Å². The van der Waals surface area contributed by atoms with E-state index in [-0.39, 0.29) is 17.3 Å². The molecule has 0 spiro atoms. The zero-order valence-corrected chi connectivity index (χ0v) is 7.61. The predicted molar refractivity (Wildman–Crippen MR) is 49.7 cm³/mol. The number of nitrogen functional groups attached to an aromatic ring is 1. The summed E-state index contributed by atoms with van der Waals surface area (Å²) < 4.78 is 0. The Bertz CT molecular complexity index is 334. The number of anilines is 1. The molecule has 4 nitrogen and oxygen atoms in total. The third kappa shape index (κ3) is 1.77. The maximum absolute atomic E-state index is 10.8. The molecule has 1 aromatic heterocycles. The van der Waals surface area contributed by atoms with Crippen molar-refractivity contribution in [1.82, 2.24) is 4.98 Å². The molecular formula is C9H12N2O2. The van der Waals surface area contributed by atoms with Crippen LogP contribution in [0.4, 0.5) is 5.82 Å². The van der Waals surface area contributed by atoms with Crippen LogP contribution in [0, 0.1) is 0 Å². The van der Waals surface area contributed by atoms with Gasteiger partial charge in [0.2, 0.25) is 0 Å². The number of aromatic nitrogens is 1. The Hall–Kier alpha value is -1.58. The van der Waals surface area contributed by atoms with Gasteiger partial charge in [-0.15, -0.1) is 0 Å². The Morgan fingerprint density at radius 1 is 1.62 bits per heavy atom. The van der Waals surface area contributed by atoms with Crippen molar-refractivity contribution in [2.24, 2.45) is 0 Å². The first kappa shape index (κ1) is 9.51. The molecule has 4 heteroatoms. The lowest BCUT2D eigenvalue weighted by molar-refractivity contribution is 0.0696. The Balaban J connectivity index is 3.34. The van der Waals surface area contributed by atoms with E-state index in [0.29, 0.717) is 0 Å². The number of nitrogens with zero attached hydrogens (tertiary/aromatic N) is 1.